The Hall–Kier alpha value is -0.280. The highest BCUT2D eigenvalue weighted by Gasteiger charge is 2.40. The lowest BCUT2D eigenvalue weighted by atomic mass is 9.65. The molecule has 1 saturated carbocycles. The molecule has 1 aromatic carbocycles. The van der Waals surface area contributed by atoms with Gasteiger partial charge in [-0.1, -0.05) is 29.3 Å². The molecule has 2 rings (SSSR count). The molecule has 2 nitrogen and oxygen atoms in total. The number of likely N-dealkylation sites (N-methyl/N-ethyl adjacent to an activating group) is 1. The molecule has 0 amide bonds. The third kappa shape index (κ3) is 3.25. The molecule has 106 valence electrons. The summed E-state index contributed by atoms with van der Waals surface area (Å²) in [4.78, 5) is 0. The predicted octanol–water partition coefficient (Wildman–Crippen LogP) is 3.78. The number of nitrogens with one attached hydrogen (secondary N) is 1. The van der Waals surface area contributed by atoms with Crippen molar-refractivity contribution in [2.75, 3.05) is 13.6 Å². The zero-order chi connectivity index (χ0) is 14.1. The Morgan fingerprint density at radius 2 is 1.79 bits per heavy atom. The minimum Gasteiger partial charge on any atom is -0.390 e. The fourth-order valence-electron chi connectivity index (χ4n) is 3.00. The lowest BCUT2D eigenvalue weighted by Gasteiger charge is -2.43. The monoisotopic (exact) mass is 301 g/mol. The van der Waals surface area contributed by atoms with Gasteiger partial charge in [0.05, 0.1) is 15.6 Å². The summed E-state index contributed by atoms with van der Waals surface area (Å²) in [5.74, 6) is 0. The Morgan fingerprint density at radius 1 is 1.16 bits per heavy atom. The van der Waals surface area contributed by atoms with Crippen LogP contribution in [0.4, 0.5) is 0 Å². The first kappa shape index (κ1) is 15.1. The van der Waals surface area contributed by atoms with Crippen LogP contribution in [0.3, 0.4) is 0 Å². The lowest BCUT2D eigenvalue weighted by Crippen LogP contribution is -2.44. The zero-order valence-electron chi connectivity index (χ0n) is 11.5. The highest BCUT2D eigenvalue weighted by molar-refractivity contribution is 6.42. The Bertz CT molecular complexity index is 449. The summed E-state index contributed by atoms with van der Waals surface area (Å²) in [7, 11) is 1.96. The Balaban J connectivity index is 2.31. The topological polar surface area (TPSA) is 32.3 Å². The molecule has 19 heavy (non-hydrogen) atoms. The quantitative estimate of drug-likeness (QED) is 0.890. The van der Waals surface area contributed by atoms with Gasteiger partial charge in [0.15, 0.2) is 0 Å². The van der Waals surface area contributed by atoms with Gasteiger partial charge in [0.1, 0.15) is 0 Å². The minimum absolute atomic E-state index is 0.0468. The molecule has 1 aromatic rings. The van der Waals surface area contributed by atoms with Gasteiger partial charge in [0.25, 0.3) is 0 Å². The molecule has 4 heteroatoms. The number of rotatable bonds is 3. The van der Waals surface area contributed by atoms with Crippen LogP contribution in [0.2, 0.25) is 10.0 Å². The third-order valence-corrected chi connectivity index (χ3v) is 5.07. The fourth-order valence-corrected chi connectivity index (χ4v) is 3.30. The molecule has 1 aliphatic carbocycles. The normalized spacial score (nSPS) is 31.4. The first-order chi connectivity index (χ1) is 8.88. The van der Waals surface area contributed by atoms with E-state index in [1.54, 1.807) is 0 Å². The molecule has 0 bridgehead atoms. The van der Waals surface area contributed by atoms with Crippen LogP contribution in [0.25, 0.3) is 0 Å². The number of hydrogen-bond acceptors (Lipinski definition) is 2. The number of halogens is 2. The molecule has 0 aliphatic heterocycles. The van der Waals surface area contributed by atoms with Crippen LogP contribution in [0.15, 0.2) is 18.2 Å². The van der Waals surface area contributed by atoms with Crippen LogP contribution in [0.1, 0.15) is 38.2 Å². The van der Waals surface area contributed by atoms with Crippen molar-refractivity contribution in [2.45, 2.75) is 43.6 Å². The summed E-state index contributed by atoms with van der Waals surface area (Å²) in [6.45, 7) is 2.81. The molecular weight excluding hydrogens is 281 g/mol. The Labute approximate surface area is 125 Å². The smallest absolute Gasteiger partial charge is 0.0620 e. The second-order valence-electron chi connectivity index (χ2n) is 5.94. The van der Waals surface area contributed by atoms with Gasteiger partial charge >= 0.3 is 0 Å². The second kappa shape index (κ2) is 5.61. The number of aliphatic hydroxyl groups is 1. The van der Waals surface area contributed by atoms with E-state index < -0.39 is 5.60 Å². The number of hydrogen-bond donors (Lipinski definition) is 2. The predicted molar refractivity (Wildman–Crippen MR) is 81.2 cm³/mol. The van der Waals surface area contributed by atoms with E-state index in [4.69, 9.17) is 23.2 Å². The highest BCUT2D eigenvalue weighted by atomic mass is 35.5. The summed E-state index contributed by atoms with van der Waals surface area (Å²) >= 11 is 12.1. The number of benzene rings is 1. The molecular formula is C15H21Cl2NO. The van der Waals surface area contributed by atoms with Crippen molar-refractivity contribution in [3.63, 3.8) is 0 Å². The average molecular weight is 302 g/mol. The minimum atomic E-state index is -0.534. The maximum atomic E-state index is 10.2. The van der Waals surface area contributed by atoms with Crippen LogP contribution >= 0.6 is 23.2 Å². The van der Waals surface area contributed by atoms with Crippen molar-refractivity contribution < 1.29 is 5.11 Å². The molecule has 0 spiro atoms. The van der Waals surface area contributed by atoms with Gasteiger partial charge in [-0.05, 0) is 57.4 Å². The SMILES string of the molecule is CNC[C@]1(c2ccc(Cl)c(Cl)c2)CC[C@](C)(O)CC1. The van der Waals surface area contributed by atoms with E-state index in [2.05, 4.69) is 11.4 Å². The van der Waals surface area contributed by atoms with Gasteiger partial charge in [0.2, 0.25) is 0 Å². The summed E-state index contributed by atoms with van der Waals surface area (Å²) in [5.41, 5.74) is 0.727. The molecule has 0 unspecified atom stereocenters. The lowest BCUT2D eigenvalue weighted by molar-refractivity contribution is 0.000322. The molecule has 0 atom stereocenters. The molecule has 2 N–H and O–H groups in total. The summed E-state index contributed by atoms with van der Waals surface area (Å²) in [5, 5.41) is 14.6. The van der Waals surface area contributed by atoms with E-state index in [1.165, 1.54) is 5.56 Å². The fraction of sp³-hybridized carbons (Fsp3) is 0.600. The molecule has 1 fully saturated rings. The van der Waals surface area contributed by atoms with Gasteiger partial charge in [-0.25, -0.2) is 0 Å². The van der Waals surface area contributed by atoms with Gasteiger partial charge in [-0.3, -0.25) is 0 Å². The Kier molecular flexibility index (Phi) is 4.46. The Morgan fingerprint density at radius 3 is 2.32 bits per heavy atom. The van der Waals surface area contributed by atoms with Crippen molar-refractivity contribution in [3.8, 4) is 0 Å². The first-order valence-electron chi connectivity index (χ1n) is 6.71. The standard InChI is InChI=1S/C15H21Cl2NO/c1-14(19)5-7-15(8-6-14,10-18-2)11-3-4-12(16)13(17)9-11/h3-4,9,18-19H,5-8,10H2,1-2H3/t14-,15-. The first-order valence-corrected chi connectivity index (χ1v) is 7.47. The molecule has 0 radical (unpaired) electrons. The van der Waals surface area contributed by atoms with Crippen molar-refractivity contribution in [2.24, 2.45) is 0 Å². The van der Waals surface area contributed by atoms with Crippen molar-refractivity contribution >= 4 is 23.2 Å². The maximum Gasteiger partial charge on any atom is 0.0620 e. The van der Waals surface area contributed by atoms with Crippen molar-refractivity contribution in [3.05, 3.63) is 33.8 Å². The third-order valence-electron chi connectivity index (χ3n) is 4.33. The molecule has 0 saturated heterocycles. The maximum absolute atomic E-state index is 10.2. The van der Waals surface area contributed by atoms with Crippen molar-refractivity contribution in [1.82, 2.24) is 5.32 Å². The van der Waals surface area contributed by atoms with Crippen LogP contribution < -0.4 is 5.32 Å². The second-order valence-corrected chi connectivity index (χ2v) is 6.75. The average Bonchev–Trinajstić information content (AvgIpc) is 2.36. The van der Waals surface area contributed by atoms with Gasteiger partial charge < -0.3 is 10.4 Å². The van der Waals surface area contributed by atoms with Gasteiger partial charge in [-0.15, -0.1) is 0 Å². The summed E-state index contributed by atoms with van der Waals surface area (Å²) < 4.78 is 0. The van der Waals surface area contributed by atoms with E-state index in [0.717, 1.165) is 32.2 Å². The van der Waals surface area contributed by atoms with E-state index in [9.17, 15) is 5.11 Å². The van der Waals surface area contributed by atoms with E-state index in [-0.39, 0.29) is 5.41 Å². The van der Waals surface area contributed by atoms with Crippen molar-refractivity contribution in [1.29, 1.82) is 0 Å². The largest absolute Gasteiger partial charge is 0.390 e. The van der Waals surface area contributed by atoms with E-state index in [1.807, 2.05) is 26.1 Å². The van der Waals surface area contributed by atoms with E-state index >= 15 is 0 Å². The van der Waals surface area contributed by atoms with Crippen LogP contribution in [0.5, 0.6) is 0 Å². The highest BCUT2D eigenvalue weighted by Crippen LogP contribution is 2.43. The van der Waals surface area contributed by atoms with Crippen LogP contribution in [0, 0.1) is 0 Å². The summed E-state index contributed by atoms with van der Waals surface area (Å²) in [6, 6.07) is 5.90. The van der Waals surface area contributed by atoms with Crippen LogP contribution in [-0.2, 0) is 5.41 Å². The van der Waals surface area contributed by atoms with Gasteiger partial charge in [-0.2, -0.15) is 0 Å². The molecule has 0 heterocycles. The van der Waals surface area contributed by atoms with E-state index in [0.29, 0.717) is 10.0 Å². The zero-order valence-corrected chi connectivity index (χ0v) is 13.0. The van der Waals surface area contributed by atoms with Crippen LogP contribution in [-0.4, -0.2) is 24.3 Å². The molecule has 1 aliphatic rings. The van der Waals surface area contributed by atoms with Gasteiger partial charge in [0, 0.05) is 12.0 Å². The molecule has 0 aromatic heterocycles. The summed E-state index contributed by atoms with van der Waals surface area (Å²) in [6.07, 6.45) is 3.54.